The number of carbonyl (C=O) groups is 1. The molecule has 1 amide bonds. The highest BCUT2D eigenvalue weighted by Gasteiger charge is 2.12. The van der Waals surface area contributed by atoms with E-state index in [4.69, 9.17) is 0 Å². The number of rotatable bonds is 5. The number of thiazole rings is 1. The number of pyridine rings is 1. The Morgan fingerprint density at radius 1 is 0.962 bits per heavy atom. The van der Waals surface area contributed by atoms with Gasteiger partial charge >= 0.3 is 0 Å². The molecule has 6 heteroatoms. The summed E-state index contributed by atoms with van der Waals surface area (Å²) in [6.07, 6.45) is 4.43. The molecule has 0 saturated heterocycles. The number of aromatic nitrogens is 2. The molecule has 0 fully saturated rings. The first-order chi connectivity index (χ1) is 12.8. The lowest BCUT2D eigenvalue weighted by Crippen LogP contribution is -2.12. The van der Waals surface area contributed by atoms with Gasteiger partial charge in [0.25, 0.3) is 5.91 Å². The minimum Gasteiger partial charge on any atom is -0.321 e. The summed E-state index contributed by atoms with van der Waals surface area (Å²) < 4.78 is 0. The number of carbonyl (C=O) groups excluding carboxylic acids is 1. The van der Waals surface area contributed by atoms with E-state index in [1.54, 1.807) is 29.1 Å². The summed E-state index contributed by atoms with van der Waals surface area (Å²) >= 11 is 3.10. The Bertz CT molecular complexity index is 993. The molecule has 0 aliphatic carbocycles. The van der Waals surface area contributed by atoms with Crippen LogP contribution in [0, 0.1) is 0 Å². The average molecular weight is 377 g/mol. The molecular weight excluding hydrogens is 362 g/mol. The highest BCUT2D eigenvalue weighted by Crippen LogP contribution is 2.26. The largest absolute Gasteiger partial charge is 0.321 e. The Kier molecular flexibility index (Phi) is 4.86. The number of hydrogen-bond donors (Lipinski definition) is 1. The monoisotopic (exact) mass is 377 g/mol. The van der Waals surface area contributed by atoms with Crippen molar-refractivity contribution in [1.82, 2.24) is 9.97 Å². The molecule has 0 spiro atoms. The molecule has 26 heavy (non-hydrogen) atoms. The van der Waals surface area contributed by atoms with Crippen molar-refractivity contribution in [3.63, 3.8) is 0 Å². The molecule has 128 valence electrons. The summed E-state index contributed by atoms with van der Waals surface area (Å²) in [7, 11) is 0. The molecule has 0 saturated carbocycles. The normalized spacial score (nSPS) is 10.6. The van der Waals surface area contributed by atoms with Gasteiger partial charge in [0, 0.05) is 34.4 Å². The lowest BCUT2D eigenvalue weighted by Gasteiger charge is -2.05. The molecule has 0 unspecified atom stereocenters. The minimum atomic E-state index is -0.190. The van der Waals surface area contributed by atoms with E-state index in [9.17, 15) is 4.79 Å². The number of thiophene rings is 1. The van der Waals surface area contributed by atoms with Gasteiger partial charge < -0.3 is 5.32 Å². The maximum atomic E-state index is 12.4. The van der Waals surface area contributed by atoms with E-state index in [0.717, 1.165) is 22.7 Å². The van der Waals surface area contributed by atoms with E-state index in [0.29, 0.717) is 5.69 Å². The van der Waals surface area contributed by atoms with Crippen molar-refractivity contribution in [2.24, 2.45) is 0 Å². The number of benzene rings is 1. The summed E-state index contributed by atoms with van der Waals surface area (Å²) in [5.41, 5.74) is 4.65. The van der Waals surface area contributed by atoms with Crippen LogP contribution in [0.15, 0.2) is 71.0 Å². The van der Waals surface area contributed by atoms with Crippen LogP contribution in [0.4, 0.5) is 5.69 Å². The van der Waals surface area contributed by atoms with Gasteiger partial charge in [0.05, 0.1) is 0 Å². The molecule has 4 nitrogen and oxygen atoms in total. The maximum absolute atomic E-state index is 12.4. The maximum Gasteiger partial charge on any atom is 0.275 e. The standard InChI is InChI=1S/C20H15N3OS2/c24-19(18-13-26-20(23-18)16-7-10-25-12-16)22-17-3-1-14(2-4-17)11-15-5-8-21-9-6-15/h1-10,12-13H,11H2,(H,22,24). The highest BCUT2D eigenvalue weighted by molar-refractivity contribution is 7.14. The molecule has 4 aromatic rings. The van der Waals surface area contributed by atoms with Gasteiger partial charge in [-0.25, -0.2) is 4.98 Å². The van der Waals surface area contributed by atoms with Gasteiger partial charge in [-0.05, 0) is 53.3 Å². The fraction of sp³-hybridized carbons (Fsp3) is 0.0500. The van der Waals surface area contributed by atoms with Crippen molar-refractivity contribution in [2.45, 2.75) is 6.42 Å². The molecule has 0 radical (unpaired) electrons. The molecule has 3 aromatic heterocycles. The fourth-order valence-electron chi connectivity index (χ4n) is 2.53. The van der Waals surface area contributed by atoms with Crippen molar-refractivity contribution in [2.75, 3.05) is 5.32 Å². The van der Waals surface area contributed by atoms with Gasteiger partial charge in [-0.15, -0.1) is 11.3 Å². The first-order valence-corrected chi connectivity index (χ1v) is 9.87. The fourth-order valence-corrected chi connectivity index (χ4v) is 4.05. The van der Waals surface area contributed by atoms with E-state index >= 15 is 0 Å². The highest BCUT2D eigenvalue weighted by atomic mass is 32.1. The second-order valence-corrected chi connectivity index (χ2v) is 7.37. The van der Waals surface area contributed by atoms with Crippen LogP contribution in [0.1, 0.15) is 21.6 Å². The summed E-state index contributed by atoms with van der Waals surface area (Å²) in [6, 6.07) is 13.9. The Hall–Kier alpha value is -2.83. The summed E-state index contributed by atoms with van der Waals surface area (Å²) in [6.45, 7) is 0. The number of nitrogens with one attached hydrogen (secondary N) is 1. The van der Waals surface area contributed by atoms with Crippen molar-refractivity contribution in [1.29, 1.82) is 0 Å². The molecule has 1 N–H and O–H groups in total. The molecule has 0 bridgehead atoms. The molecule has 1 aromatic carbocycles. The zero-order chi connectivity index (χ0) is 17.8. The van der Waals surface area contributed by atoms with Crippen molar-refractivity contribution < 1.29 is 4.79 Å². The van der Waals surface area contributed by atoms with Crippen LogP contribution < -0.4 is 5.32 Å². The van der Waals surface area contributed by atoms with E-state index in [1.807, 2.05) is 53.2 Å². The Morgan fingerprint density at radius 3 is 2.46 bits per heavy atom. The number of hydrogen-bond acceptors (Lipinski definition) is 5. The van der Waals surface area contributed by atoms with E-state index in [2.05, 4.69) is 15.3 Å². The van der Waals surface area contributed by atoms with Gasteiger partial charge in [0.15, 0.2) is 0 Å². The van der Waals surface area contributed by atoms with Crippen LogP contribution in [0.3, 0.4) is 0 Å². The third-order valence-electron chi connectivity index (χ3n) is 3.87. The van der Waals surface area contributed by atoms with E-state index < -0.39 is 0 Å². The number of nitrogens with zero attached hydrogens (tertiary/aromatic N) is 2. The lowest BCUT2D eigenvalue weighted by molar-refractivity contribution is 0.102. The van der Waals surface area contributed by atoms with Gasteiger partial charge in [0.2, 0.25) is 0 Å². The third-order valence-corrected chi connectivity index (χ3v) is 5.45. The Labute approximate surface area is 159 Å². The number of amides is 1. The van der Waals surface area contributed by atoms with Crippen LogP contribution >= 0.6 is 22.7 Å². The third kappa shape index (κ3) is 3.87. The van der Waals surface area contributed by atoms with Crippen LogP contribution in [0.2, 0.25) is 0 Å². The quantitative estimate of drug-likeness (QED) is 0.526. The van der Waals surface area contributed by atoms with Gasteiger partial charge in [-0.1, -0.05) is 12.1 Å². The van der Waals surface area contributed by atoms with Crippen molar-refractivity contribution in [3.8, 4) is 10.6 Å². The first-order valence-electron chi connectivity index (χ1n) is 8.05. The smallest absolute Gasteiger partial charge is 0.275 e. The minimum absolute atomic E-state index is 0.190. The topological polar surface area (TPSA) is 54.9 Å². The van der Waals surface area contributed by atoms with Gasteiger partial charge in [-0.2, -0.15) is 11.3 Å². The van der Waals surface area contributed by atoms with Gasteiger partial charge in [-0.3, -0.25) is 9.78 Å². The van der Waals surface area contributed by atoms with E-state index in [-0.39, 0.29) is 5.91 Å². The summed E-state index contributed by atoms with van der Waals surface area (Å²) in [4.78, 5) is 20.9. The number of anilines is 1. The predicted molar refractivity (Wildman–Crippen MR) is 107 cm³/mol. The predicted octanol–water partition coefficient (Wildman–Crippen LogP) is 5.11. The molecule has 0 atom stereocenters. The molecule has 4 rings (SSSR count). The second-order valence-electron chi connectivity index (χ2n) is 5.73. The van der Waals surface area contributed by atoms with Crippen LogP contribution in [-0.4, -0.2) is 15.9 Å². The summed E-state index contributed by atoms with van der Waals surface area (Å²) in [5.74, 6) is -0.190. The summed E-state index contributed by atoms with van der Waals surface area (Å²) in [5, 5.41) is 9.60. The van der Waals surface area contributed by atoms with Gasteiger partial charge in [0.1, 0.15) is 10.7 Å². The Balaban J connectivity index is 1.41. The van der Waals surface area contributed by atoms with Crippen LogP contribution in [0.25, 0.3) is 10.6 Å². The Morgan fingerprint density at radius 2 is 1.73 bits per heavy atom. The molecule has 3 heterocycles. The average Bonchev–Trinajstić information content (AvgIpc) is 3.36. The second kappa shape index (κ2) is 7.59. The lowest BCUT2D eigenvalue weighted by atomic mass is 10.1. The molecule has 0 aliphatic heterocycles. The SMILES string of the molecule is O=C(Nc1ccc(Cc2ccncc2)cc1)c1csc(-c2ccsc2)n1. The van der Waals surface area contributed by atoms with Crippen LogP contribution in [-0.2, 0) is 6.42 Å². The molecular formula is C20H15N3OS2. The van der Waals surface area contributed by atoms with Crippen molar-refractivity contribution >= 4 is 34.3 Å². The first kappa shape index (κ1) is 16.6. The van der Waals surface area contributed by atoms with Crippen molar-refractivity contribution in [3.05, 3.63) is 87.8 Å². The molecule has 0 aliphatic rings. The van der Waals surface area contributed by atoms with Crippen LogP contribution in [0.5, 0.6) is 0 Å². The zero-order valence-corrected chi connectivity index (χ0v) is 15.4. The zero-order valence-electron chi connectivity index (χ0n) is 13.8. The van der Waals surface area contributed by atoms with E-state index in [1.165, 1.54) is 22.5 Å².